The van der Waals surface area contributed by atoms with Crippen LogP contribution in [0.25, 0.3) is 21.5 Å². The molecule has 0 unspecified atom stereocenters. The van der Waals surface area contributed by atoms with Crippen molar-refractivity contribution < 1.29 is 0 Å². The zero-order valence-electron chi connectivity index (χ0n) is 13.4. The molecule has 0 aliphatic heterocycles. The maximum Gasteiger partial charge on any atom is 0.0714 e. The molecule has 0 nitrogen and oxygen atoms in total. The van der Waals surface area contributed by atoms with E-state index in [0.717, 1.165) is 0 Å². The zero-order valence-corrected chi connectivity index (χ0v) is 13.4. The smallest absolute Gasteiger partial charge is 0.0714 e. The number of benzene rings is 4. The molecule has 0 heteroatoms. The third-order valence-corrected chi connectivity index (χ3v) is 4.52. The predicted octanol–water partition coefficient (Wildman–Crippen LogP) is 5.96. The number of fused-ring (bicyclic) bond motifs is 2. The molecule has 0 saturated carbocycles. The molecule has 0 bridgehead atoms. The molecular weight excluding hydrogens is 288 g/mol. The molecule has 0 heterocycles. The molecule has 24 heavy (non-hydrogen) atoms. The quantitative estimate of drug-likeness (QED) is 0.401. The summed E-state index contributed by atoms with van der Waals surface area (Å²) in [4.78, 5) is 0. The molecule has 0 saturated heterocycles. The fraction of sp³-hybridized carbons (Fsp3) is 0.0417. The summed E-state index contributed by atoms with van der Waals surface area (Å²) in [5, 5.41) is 4.98. The van der Waals surface area contributed by atoms with E-state index >= 15 is 0 Å². The lowest BCUT2D eigenvalue weighted by atomic mass is 9.86. The summed E-state index contributed by atoms with van der Waals surface area (Å²) in [5.41, 5.74) is 2.47. The molecular formula is C24H17. The molecule has 4 aromatic rings. The SMILES string of the molecule is [CH2]C#CC(c1cccc2ccccc12)c1cccc2ccccc12. The van der Waals surface area contributed by atoms with Crippen LogP contribution in [0.3, 0.4) is 0 Å². The van der Waals surface area contributed by atoms with Gasteiger partial charge in [-0.1, -0.05) is 90.8 Å². The Labute approximate surface area is 142 Å². The fourth-order valence-electron chi connectivity index (χ4n) is 3.43. The topological polar surface area (TPSA) is 0 Å². The van der Waals surface area contributed by atoms with Crippen molar-refractivity contribution in [2.45, 2.75) is 5.92 Å². The maximum atomic E-state index is 3.78. The van der Waals surface area contributed by atoms with Crippen molar-refractivity contribution in [1.82, 2.24) is 0 Å². The zero-order chi connectivity index (χ0) is 16.4. The van der Waals surface area contributed by atoms with E-state index in [1.807, 2.05) is 0 Å². The summed E-state index contributed by atoms with van der Waals surface area (Å²) in [6.45, 7) is 3.78. The van der Waals surface area contributed by atoms with Crippen LogP contribution in [0.1, 0.15) is 17.0 Å². The summed E-state index contributed by atoms with van der Waals surface area (Å²) < 4.78 is 0. The highest BCUT2D eigenvalue weighted by Crippen LogP contribution is 2.34. The Morgan fingerprint density at radius 2 is 1.04 bits per heavy atom. The van der Waals surface area contributed by atoms with Crippen molar-refractivity contribution in [3.63, 3.8) is 0 Å². The Balaban J connectivity index is 2.02. The third kappa shape index (κ3) is 2.45. The third-order valence-electron chi connectivity index (χ3n) is 4.52. The van der Waals surface area contributed by atoms with E-state index in [9.17, 15) is 0 Å². The van der Waals surface area contributed by atoms with E-state index in [1.54, 1.807) is 0 Å². The van der Waals surface area contributed by atoms with Gasteiger partial charge >= 0.3 is 0 Å². The summed E-state index contributed by atoms with van der Waals surface area (Å²) >= 11 is 0. The molecule has 0 aromatic heterocycles. The van der Waals surface area contributed by atoms with E-state index in [-0.39, 0.29) is 5.92 Å². The number of rotatable bonds is 2. The molecule has 1 radical (unpaired) electrons. The highest BCUT2D eigenvalue weighted by Gasteiger charge is 2.16. The van der Waals surface area contributed by atoms with Gasteiger partial charge < -0.3 is 0 Å². The first-order chi connectivity index (χ1) is 11.9. The Hall–Kier alpha value is -3.04. The first-order valence-electron chi connectivity index (χ1n) is 8.11. The van der Waals surface area contributed by atoms with Gasteiger partial charge in [-0.05, 0) is 32.7 Å². The Morgan fingerprint density at radius 3 is 1.54 bits per heavy atom. The van der Waals surface area contributed by atoms with Crippen molar-refractivity contribution >= 4 is 21.5 Å². The minimum atomic E-state index is 0.0136. The molecule has 0 amide bonds. The molecule has 0 N–H and O–H groups in total. The summed E-state index contributed by atoms with van der Waals surface area (Å²) in [6, 6.07) is 29.9. The van der Waals surface area contributed by atoms with Gasteiger partial charge in [-0.25, -0.2) is 0 Å². The molecule has 113 valence electrons. The van der Waals surface area contributed by atoms with Gasteiger partial charge in [-0.2, -0.15) is 0 Å². The Kier molecular flexibility index (Phi) is 3.77. The van der Waals surface area contributed by atoms with Gasteiger partial charge in [-0.15, -0.1) is 5.92 Å². The Morgan fingerprint density at radius 1 is 0.583 bits per heavy atom. The van der Waals surface area contributed by atoms with Crippen molar-refractivity contribution in [1.29, 1.82) is 0 Å². The van der Waals surface area contributed by atoms with Gasteiger partial charge in [0.15, 0.2) is 0 Å². The average molecular weight is 305 g/mol. The number of hydrogen-bond donors (Lipinski definition) is 0. The van der Waals surface area contributed by atoms with Crippen LogP contribution in [-0.2, 0) is 0 Å². The molecule has 0 fully saturated rings. The van der Waals surface area contributed by atoms with Crippen LogP contribution in [0.2, 0.25) is 0 Å². The van der Waals surface area contributed by atoms with Crippen molar-refractivity contribution in [2.24, 2.45) is 0 Å². The molecule has 0 aliphatic rings. The van der Waals surface area contributed by atoms with Crippen LogP contribution >= 0.6 is 0 Å². The lowest BCUT2D eigenvalue weighted by Gasteiger charge is -2.17. The Bertz CT molecular complexity index is 987. The van der Waals surface area contributed by atoms with Crippen LogP contribution in [0.4, 0.5) is 0 Å². The van der Waals surface area contributed by atoms with E-state index < -0.39 is 0 Å². The van der Waals surface area contributed by atoms with Gasteiger partial charge in [0.2, 0.25) is 0 Å². The molecule has 4 rings (SSSR count). The summed E-state index contributed by atoms with van der Waals surface area (Å²) in [7, 11) is 0. The van der Waals surface area contributed by atoms with Crippen LogP contribution in [0.15, 0.2) is 84.9 Å². The second kappa shape index (κ2) is 6.22. The van der Waals surface area contributed by atoms with E-state index in [1.165, 1.54) is 32.7 Å². The highest BCUT2D eigenvalue weighted by molar-refractivity contribution is 5.90. The normalized spacial score (nSPS) is 10.8. The fourth-order valence-corrected chi connectivity index (χ4v) is 3.43. The van der Waals surface area contributed by atoms with Gasteiger partial charge in [0.05, 0.1) is 5.92 Å². The minimum absolute atomic E-state index is 0.0136. The van der Waals surface area contributed by atoms with Crippen LogP contribution in [0.5, 0.6) is 0 Å². The lowest BCUT2D eigenvalue weighted by molar-refractivity contribution is 1.10. The van der Waals surface area contributed by atoms with Crippen LogP contribution < -0.4 is 0 Å². The lowest BCUT2D eigenvalue weighted by Crippen LogP contribution is -2.00. The van der Waals surface area contributed by atoms with Crippen LogP contribution in [0, 0.1) is 18.8 Å². The van der Waals surface area contributed by atoms with Crippen molar-refractivity contribution in [3.05, 3.63) is 103 Å². The molecule has 0 aliphatic carbocycles. The largest absolute Gasteiger partial charge is 0.101 e. The van der Waals surface area contributed by atoms with E-state index in [4.69, 9.17) is 0 Å². The second-order valence-electron chi connectivity index (χ2n) is 5.89. The monoisotopic (exact) mass is 305 g/mol. The predicted molar refractivity (Wildman–Crippen MR) is 103 cm³/mol. The van der Waals surface area contributed by atoms with Gasteiger partial charge in [0.25, 0.3) is 0 Å². The molecule has 0 atom stereocenters. The minimum Gasteiger partial charge on any atom is -0.101 e. The maximum absolute atomic E-state index is 3.78. The first kappa shape index (κ1) is 14.5. The number of hydrogen-bond acceptors (Lipinski definition) is 0. The second-order valence-corrected chi connectivity index (χ2v) is 5.89. The molecule has 4 aromatic carbocycles. The van der Waals surface area contributed by atoms with E-state index in [0.29, 0.717) is 0 Å². The summed E-state index contributed by atoms with van der Waals surface area (Å²) in [5.74, 6) is 6.25. The van der Waals surface area contributed by atoms with Gasteiger partial charge in [-0.3, -0.25) is 0 Å². The highest BCUT2D eigenvalue weighted by atomic mass is 14.2. The van der Waals surface area contributed by atoms with Gasteiger partial charge in [0.1, 0.15) is 0 Å². The average Bonchev–Trinajstić information content (AvgIpc) is 2.65. The van der Waals surface area contributed by atoms with Crippen LogP contribution in [-0.4, -0.2) is 0 Å². The standard InChI is InChI=1S/C24H17/c1-2-9-22(23-16-7-12-18-10-3-5-14-20(18)23)24-17-8-13-19-11-4-6-15-21(19)24/h3-8,10-17,22H,1H2. The van der Waals surface area contributed by atoms with Crippen molar-refractivity contribution in [2.75, 3.05) is 0 Å². The van der Waals surface area contributed by atoms with Crippen molar-refractivity contribution in [3.8, 4) is 11.8 Å². The van der Waals surface area contributed by atoms with E-state index in [2.05, 4.69) is 104 Å². The summed E-state index contributed by atoms with van der Waals surface area (Å²) in [6.07, 6.45) is 0. The van der Waals surface area contributed by atoms with Gasteiger partial charge in [0, 0.05) is 6.92 Å². The first-order valence-corrected chi connectivity index (χ1v) is 8.11. The molecule has 0 spiro atoms.